The van der Waals surface area contributed by atoms with Gasteiger partial charge in [0.1, 0.15) is 12.1 Å². The number of carbonyl (C=O) groups excluding carboxylic acids is 1. The second-order valence-corrected chi connectivity index (χ2v) is 10.1. The number of carbonyl (C=O) groups is 2. The van der Waals surface area contributed by atoms with Crippen LogP contribution in [0.1, 0.15) is 24.0 Å². The molecule has 2 atom stereocenters. The van der Waals surface area contributed by atoms with Gasteiger partial charge in [0, 0.05) is 32.7 Å². The summed E-state index contributed by atoms with van der Waals surface area (Å²) in [5.74, 6) is -1.75. The minimum atomic E-state index is -3.86. The zero-order valence-electron chi connectivity index (χ0n) is 18.5. The molecule has 1 saturated heterocycles. The number of aliphatic carboxylic acids is 1. The molecule has 172 valence electrons. The highest BCUT2D eigenvalue weighted by atomic mass is 32.2. The van der Waals surface area contributed by atoms with E-state index in [1.54, 1.807) is 12.1 Å². The molecular weight excluding hydrogens is 430 g/mol. The number of nitrogens with zero attached hydrogens (tertiary/aromatic N) is 2. The first-order valence-electron chi connectivity index (χ1n) is 10.5. The van der Waals surface area contributed by atoms with Gasteiger partial charge in [0.15, 0.2) is 0 Å². The van der Waals surface area contributed by atoms with Crippen LogP contribution in [0.3, 0.4) is 0 Å². The molecule has 0 radical (unpaired) electrons. The van der Waals surface area contributed by atoms with Gasteiger partial charge in [-0.3, -0.25) is 4.79 Å². The number of nitrogens with one attached hydrogen (secondary N) is 1. The van der Waals surface area contributed by atoms with Crippen molar-refractivity contribution in [3.05, 3.63) is 59.7 Å². The number of aryl methyl sites for hydroxylation is 1. The Kier molecular flexibility index (Phi) is 7.20. The van der Waals surface area contributed by atoms with Crippen molar-refractivity contribution in [1.82, 2.24) is 9.62 Å². The minimum Gasteiger partial charge on any atom is -0.480 e. The Morgan fingerprint density at radius 1 is 1.12 bits per heavy atom. The number of rotatable bonds is 8. The predicted molar refractivity (Wildman–Crippen MR) is 122 cm³/mol. The third-order valence-electron chi connectivity index (χ3n) is 5.64. The Morgan fingerprint density at radius 2 is 1.75 bits per heavy atom. The van der Waals surface area contributed by atoms with E-state index < -0.39 is 34.0 Å². The van der Waals surface area contributed by atoms with Crippen LogP contribution in [-0.2, 0) is 26.0 Å². The first kappa shape index (κ1) is 23.7. The van der Waals surface area contributed by atoms with E-state index in [1.165, 1.54) is 16.4 Å². The zero-order chi connectivity index (χ0) is 23.5. The molecule has 2 aromatic rings. The number of sulfonamides is 1. The molecule has 32 heavy (non-hydrogen) atoms. The lowest BCUT2D eigenvalue weighted by molar-refractivity contribution is -0.142. The van der Waals surface area contributed by atoms with E-state index in [1.807, 2.05) is 50.2 Å². The van der Waals surface area contributed by atoms with E-state index in [4.69, 9.17) is 0 Å². The van der Waals surface area contributed by atoms with E-state index in [2.05, 4.69) is 5.32 Å². The zero-order valence-corrected chi connectivity index (χ0v) is 19.3. The molecular formula is C23H29N3O5S. The van der Waals surface area contributed by atoms with E-state index in [0.29, 0.717) is 12.8 Å². The first-order chi connectivity index (χ1) is 15.1. The number of amides is 1. The molecule has 0 saturated carbocycles. The third-order valence-corrected chi connectivity index (χ3v) is 7.56. The standard InChI is InChI=1S/C23H29N3O5S/c1-16-6-12-19(13-7-16)32(30,31)26-14-4-5-21(26)22(27)24-20(23(28)29)15-17-8-10-18(11-9-17)25(2)3/h6-13,20-21H,4-5,14-15H2,1-3H3,(H,24,27)(H,28,29)/t20-,21-/m0/s1. The molecule has 0 spiro atoms. The maximum atomic E-state index is 13.1. The summed E-state index contributed by atoms with van der Waals surface area (Å²) in [6, 6.07) is 11.8. The number of carboxylic acids is 1. The average Bonchev–Trinajstić information content (AvgIpc) is 3.25. The Balaban J connectivity index is 1.74. The summed E-state index contributed by atoms with van der Waals surface area (Å²) >= 11 is 0. The van der Waals surface area contributed by atoms with E-state index in [-0.39, 0.29) is 17.9 Å². The molecule has 1 aliphatic heterocycles. The fraction of sp³-hybridized carbons (Fsp3) is 0.391. The topological polar surface area (TPSA) is 107 Å². The van der Waals surface area contributed by atoms with Crippen LogP contribution in [0.2, 0.25) is 0 Å². The molecule has 9 heteroatoms. The molecule has 1 heterocycles. The van der Waals surface area contributed by atoms with Gasteiger partial charge >= 0.3 is 5.97 Å². The monoisotopic (exact) mass is 459 g/mol. The summed E-state index contributed by atoms with van der Waals surface area (Å²) in [6.07, 6.45) is 0.986. The van der Waals surface area contributed by atoms with Crippen LogP contribution in [0.5, 0.6) is 0 Å². The van der Waals surface area contributed by atoms with Gasteiger partial charge in [-0.15, -0.1) is 0 Å². The summed E-state index contributed by atoms with van der Waals surface area (Å²) in [5.41, 5.74) is 2.68. The molecule has 2 aromatic carbocycles. The van der Waals surface area contributed by atoms with Crippen LogP contribution >= 0.6 is 0 Å². The molecule has 1 fully saturated rings. The van der Waals surface area contributed by atoms with Crippen LogP contribution in [0, 0.1) is 6.92 Å². The maximum absolute atomic E-state index is 13.1. The average molecular weight is 460 g/mol. The Hall–Kier alpha value is -2.91. The van der Waals surface area contributed by atoms with Crippen molar-refractivity contribution in [2.75, 3.05) is 25.5 Å². The molecule has 0 aliphatic carbocycles. The highest BCUT2D eigenvalue weighted by molar-refractivity contribution is 7.89. The highest BCUT2D eigenvalue weighted by Crippen LogP contribution is 2.26. The molecule has 0 unspecified atom stereocenters. The van der Waals surface area contributed by atoms with Crippen LogP contribution in [-0.4, -0.2) is 62.4 Å². The molecule has 0 bridgehead atoms. The predicted octanol–water partition coefficient (Wildman–Crippen LogP) is 2.03. The van der Waals surface area contributed by atoms with Gasteiger partial charge in [0.25, 0.3) is 0 Å². The minimum absolute atomic E-state index is 0.103. The smallest absolute Gasteiger partial charge is 0.326 e. The molecule has 2 N–H and O–H groups in total. The van der Waals surface area contributed by atoms with Crippen molar-refractivity contribution in [3.8, 4) is 0 Å². The van der Waals surface area contributed by atoms with Crippen molar-refractivity contribution < 1.29 is 23.1 Å². The van der Waals surface area contributed by atoms with E-state index in [0.717, 1.165) is 16.8 Å². The van der Waals surface area contributed by atoms with Crippen LogP contribution < -0.4 is 10.2 Å². The van der Waals surface area contributed by atoms with Gasteiger partial charge < -0.3 is 15.3 Å². The van der Waals surface area contributed by atoms with Crippen molar-refractivity contribution in [2.24, 2.45) is 0 Å². The normalized spacial score (nSPS) is 17.7. The Morgan fingerprint density at radius 3 is 2.31 bits per heavy atom. The number of hydrogen-bond donors (Lipinski definition) is 2. The van der Waals surface area contributed by atoms with Gasteiger partial charge in [-0.2, -0.15) is 4.31 Å². The van der Waals surface area contributed by atoms with E-state index >= 15 is 0 Å². The number of hydrogen-bond acceptors (Lipinski definition) is 5. The van der Waals surface area contributed by atoms with Crippen molar-refractivity contribution in [1.29, 1.82) is 0 Å². The second kappa shape index (κ2) is 9.70. The fourth-order valence-corrected chi connectivity index (χ4v) is 5.43. The Labute approximate surface area is 188 Å². The Bertz CT molecular complexity index is 1070. The lowest BCUT2D eigenvalue weighted by Crippen LogP contribution is -2.51. The van der Waals surface area contributed by atoms with Gasteiger partial charge in [-0.05, 0) is 49.6 Å². The molecule has 0 aromatic heterocycles. The summed E-state index contributed by atoms with van der Waals surface area (Å²) in [4.78, 5) is 26.8. The third kappa shape index (κ3) is 5.28. The quantitative estimate of drug-likeness (QED) is 0.626. The molecule has 1 amide bonds. The number of benzene rings is 2. The highest BCUT2D eigenvalue weighted by Gasteiger charge is 2.40. The second-order valence-electron chi connectivity index (χ2n) is 8.25. The molecule has 8 nitrogen and oxygen atoms in total. The van der Waals surface area contributed by atoms with Gasteiger partial charge in [0.2, 0.25) is 15.9 Å². The van der Waals surface area contributed by atoms with Gasteiger partial charge in [-0.1, -0.05) is 29.8 Å². The largest absolute Gasteiger partial charge is 0.480 e. The number of anilines is 1. The summed E-state index contributed by atoms with van der Waals surface area (Å²) < 4.78 is 27.3. The maximum Gasteiger partial charge on any atom is 0.326 e. The summed E-state index contributed by atoms with van der Waals surface area (Å²) in [7, 11) is -0.0371. The van der Waals surface area contributed by atoms with Crippen LogP contribution in [0.15, 0.2) is 53.4 Å². The van der Waals surface area contributed by atoms with Gasteiger partial charge in [0.05, 0.1) is 4.90 Å². The lowest BCUT2D eigenvalue weighted by atomic mass is 10.0. The number of carboxylic acid groups (broad SMARTS) is 1. The lowest BCUT2D eigenvalue weighted by Gasteiger charge is -2.25. The van der Waals surface area contributed by atoms with Crippen molar-refractivity contribution >= 4 is 27.6 Å². The van der Waals surface area contributed by atoms with Crippen LogP contribution in [0.25, 0.3) is 0 Å². The molecule has 3 rings (SSSR count). The molecule has 1 aliphatic rings. The van der Waals surface area contributed by atoms with Gasteiger partial charge in [-0.25, -0.2) is 13.2 Å². The van der Waals surface area contributed by atoms with Crippen LogP contribution in [0.4, 0.5) is 5.69 Å². The summed E-state index contributed by atoms with van der Waals surface area (Å²) in [6.45, 7) is 2.08. The SMILES string of the molecule is Cc1ccc(S(=O)(=O)N2CCC[C@H]2C(=O)N[C@@H](Cc2ccc(N(C)C)cc2)C(=O)O)cc1. The fourth-order valence-electron chi connectivity index (χ4n) is 3.77. The van der Waals surface area contributed by atoms with E-state index in [9.17, 15) is 23.1 Å². The van der Waals surface area contributed by atoms with Crippen molar-refractivity contribution in [2.45, 2.75) is 43.2 Å². The first-order valence-corrected chi connectivity index (χ1v) is 11.9. The van der Waals surface area contributed by atoms with Crippen molar-refractivity contribution in [3.63, 3.8) is 0 Å². The summed E-state index contributed by atoms with van der Waals surface area (Å²) in [5, 5.41) is 12.2.